The van der Waals surface area contributed by atoms with Gasteiger partial charge in [0.25, 0.3) is 0 Å². The maximum Gasteiger partial charge on any atom is 0.137 e. The van der Waals surface area contributed by atoms with Crippen molar-refractivity contribution in [2.75, 3.05) is 26.9 Å². The summed E-state index contributed by atoms with van der Waals surface area (Å²) >= 11 is 1.28. The van der Waals surface area contributed by atoms with Crippen molar-refractivity contribution in [3.05, 3.63) is 77.9 Å². The van der Waals surface area contributed by atoms with E-state index in [9.17, 15) is 4.39 Å². The van der Waals surface area contributed by atoms with Crippen LogP contribution in [0.25, 0.3) is 43.5 Å². The first-order valence-corrected chi connectivity index (χ1v) is 14.2. The Hall–Kier alpha value is -4.26. The number of ether oxygens (including phenoxy) is 2. The minimum absolute atomic E-state index is 0.0876. The summed E-state index contributed by atoms with van der Waals surface area (Å²) in [5.41, 5.74) is 4.63. The summed E-state index contributed by atoms with van der Waals surface area (Å²) in [6, 6.07) is 12.1. The van der Waals surface area contributed by atoms with Gasteiger partial charge in [0.2, 0.25) is 0 Å². The molecule has 12 heteroatoms. The standard InChI is InChI=1S/C22H21F2N5O2S.C8H8N2/c1-12-22-15(11-26-32-22)19(20-16(24)7-13(23)8-18(20)31-6-5-30-2)21(27-12)17-9-14-10-25-3-4-29(14)28-17;1-10-6-7-4-2-3-5-8(7)9-10/h7-9,11,25H,3-6,10H2,1-2H3;2-6H,1H3. The molecule has 0 aliphatic carbocycles. The summed E-state index contributed by atoms with van der Waals surface area (Å²) < 4.78 is 49.1. The van der Waals surface area contributed by atoms with E-state index in [0.717, 1.165) is 46.1 Å². The number of aryl methyl sites for hydroxylation is 2. The Morgan fingerprint density at radius 3 is 2.74 bits per heavy atom. The number of pyridine rings is 1. The Morgan fingerprint density at radius 1 is 1.07 bits per heavy atom. The molecular formula is C30H29F2N7O2S. The van der Waals surface area contributed by atoms with Gasteiger partial charge >= 0.3 is 0 Å². The molecule has 0 saturated heterocycles. The summed E-state index contributed by atoms with van der Waals surface area (Å²) in [6.45, 7) is 4.58. The van der Waals surface area contributed by atoms with Crippen LogP contribution in [0.3, 0.4) is 0 Å². The summed E-state index contributed by atoms with van der Waals surface area (Å²) in [5.74, 6) is -1.37. The van der Waals surface area contributed by atoms with E-state index >= 15 is 4.39 Å². The van der Waals surface area contributed by atoms with Crippen molar-refractivity contribution < 1.29 is 18.3 Å². The first kappa shape index (κ1) is 27.9. The number of aromatic nitrogens is 6. The van der Waals surface area contributed by atoms with Gasteiger partial charge in [0.15, 0.2) is 0 Å². The molecule has 0 saturated carbocycles. The highest BCUT2D eigenvalue weighted by molar-refractivity contribution is 7.13. The third-order valence-electron chi connectivity index (χ3n) is 6.94. The van der Waals surface area contributed by atoms with Gasteiger partial charge in [0.1, 0.15) is 29.7 Å². The smallest absolute Gasteiger partial charge is 0.137 e. The van der Waals surface area contributed by atoms with E-state index in [1.165, 1.54) is 30.1 Å². The fraction of sp³-hybridized carbons (Fsp3) is 0.267. The molecule has 5 heterocycles. The van der Waals surface area contributed by atoms with E-state index in [2.05, 4.69) is 20.9 Å². The molecule has 0 bridgehead atoms. The monoisotopic (exact) mass is 589 g/mol. The molecule has 1 aliphatic heterocycles. The first-order chi connectivity index (χ1) is 20.4. The number of rotatable bonds is 6. The van der Waals surface area contributed by atoms with Gasteiger partial charge in [-0.1, -0.05) is 18.2 Å². The molecule has 6 aromatic rings. The topological polar surface area (TPSA) is 91.9 Å². The molecule has 0 fully saturated rings. The Kier molecular flexibility index (Phi) is 7.92. The molecule has 2 aromatic carbocycles. The third kappa shape index (κ3) is 5.48. The second-order valence-corrected chi connectivity index (χ2v) is 10.7. The Bertz CT molecular complexity index is 1820. The van der Waals surface area contributed by atoms with Crippen LogP contribution in [0.15, 0.2) is 54.9 Å². The van der Waals surface area contributed by atoms with Gasteiger partial charge in [0.05, 0.1) is 46.0 Å². The molecule has 1 N–H and O–H groups in total. The van der Waals surface area contributed by atoms with E-state index < -0.39 is 11.6 Å². The molecule has 1 aliphatic rings. The van der Waals surface area contributed by atoms with Crippen molar-refractivity contribution in [1.82, 2.24) is 34.2 Å². The van der Waals surface area contributed by atoms with Crippen LogP contribution in [0.2, 0.25) is 0 Å². The molecule has 0 spiro atoms. The number of nitrogens with one attached hydrogen (secondary N) is 1. The molecule has 9 nitrogen and oxygen atoms in total. The number of hydrogen-bond acceptors (Lipinski definition) is 8. The fourth-order valence-electron chi connectivity index (χ4n) is 5.06. The Labute approximate surface area is 244 Å². The van der Waals surface area contributed by atoms with Gasteiger partial charge in [-0.05, 0) is 30.6 Å². The Morgan fingerprint density at radius 2 is 1.93 bits per heavy atom. The minimum atomic E-state index is -0.734. The predicted molar refractivity (Wildman–Crippen MR) is 159 cm³/mol. The van der Waals surface area contributed by atoms with Gasteiger partial charge in [-0.15, -0.1) is 0 Å². The first-order valence-electron chi connectivity index (χ1n) is 13.4. The minimum Gasteiger partial charge on any atom is -0.490 e. The van der Waals surface area contributed by atoms with Crippen LogP contribution in [-0.4, -0.2) is 55.8 Å². The van der Waals surface area contributed by atoms with Crippen LogP contribution < -0.4 is 10.1 Å². The molecule has 42 heavy (non-hydrogen) atoms. The molecule has 0 atom stereocenters. The highest BCUT2D eigenvalue weighted by atomic mass is 32.1. The van der Waals surface area contributed by atoms with E-state index in [0.29, 0.717) is 23.5 Å². The number of fused-ring (bicyclic) bond motifs is 3. The second kappa shape index (κ2) is 11.9. The maximum atomic E-state index is 15.3. The normalized spacial score (nSPS) is 12.8. The average Bonchev–Trinajstić information content (AvgIpc) is 3.71. The third-order valence-corrected chi connectivity index (χ3v) is 7.85. The fourth-order valence-corrected chi connectivity index (χ4v) is 5.75. The zero-order valence-corrected chi connectivity index (χ0v) is 24.2. The SMILES string of the molecule is COCCOc1cc(F)cc(F)c1-c1c(-c2cc3n(n2)CCNC3)nc(C)c2sncc12.Cn1cc2ccccc2n1. The summed E-state index contributed by atoms with van der Waals surface area (Å²) in [5, 5.41) is 14.2. The molecule has 0 amide bonds. The van der Waals surface area contributed by atoms with Crippen LogP contribution >= 0.6 is 11.5 Å². The van der Waals surface area contributed by atoms with Crippen molar-refractivity contribution in [3.8, 4) is 28.3 Å². The van der Waals surface area contributed by atoms with Crippen LogP contribution in [0.4, 0.5) is 8.78 Å². The van der Waals surface area contributed by atoms with Gasteiger partial charge in [-0.25, -0.2) is 13.8 Å². The van der Waals surface area contributed by atoms with Crippen molar-refractivity contribution in [1.29, 1.82) is 0 Å². The van der Waals surface area contributed by atoms with E-state index in [-0.39, 0.29) is 24.5 Å². The van der Waals surface area contributed by atoms with Gasteiger partial charge in [-0.3, -0.25) is 9.36 Å². The van der Waals surface area contributed by atoms with Gasteiger partial charge in [0, 0.05) is 68.1 Å². The van der Waals surface area contributed by atoms with Crippen LogP contribution in [-0.2, 0) is 24.9 Å². The van der Waals surface area contributed by atoms with Crippen LogP contribution in [0.5, 0.6) is 5.75 Å². The van der Waals surface area contributed by atoms with Crippen molar-refractivity contribution in [2.24, 2.45) is 7.05 Å². The largest absolute Gasteiger partial charge is 0.490 e. The molecule has 4 aromatic heterocycles. The quantitative estimate of drug-likeness (QED) is 0.256. The van der Waals surface area contributed by atoms with Crippen molar-refractivity contribution in [2.45, 2.75) is 20.0 Å². The van der Waals surface area contributed by atoms with Crippen molar-refractivity contribution >= 4 is 32.5 Å². The van der Waals surface area contributed by atoms with Gasteiger partial charge < -0.3 is 14.8 Å². The molecular weight excluding hydrogens is 560 g/mol. The van der Waals surface area contributed by atoms with E-state index in [1.54, 1.807) is 6.20 Å². The number of halogens is 2. The number of benzene rings is 2. The predicted octanol–water partition coefficient (Wildman–Crippen LogP) is 5.51. The summed E-state index contributed by atoms with van der Waals surface area (Å²) in [6.07, 6.45) is 3.70. The highest BCUT2D eigenvalue weighted by Gasteiger charge is 2.26. The zero-order valence-electron chi connectivity index (χ0n) is 23.4. The van der Waals surface area contributed by atoms with E-state index in [4.69, 9.17) is 19.6 Å². The molecule has 0 unspecified atom stereocenters. The van der Waals surface area contributed by atoms with E-state index in [1.807, 2.05) is 53.8 Å². The molecule has 0 radical (unpaired) electrons. The van der Waals surface area contributed by atoms with Crippen molar-refractivity contribution in [3.63, 3.8) is 0 Å². The lowest BCUT2D eigenvalue weighted by Crippen LogP contribution is -2.28. The molecule has 216 valence electrons. The number of methoxy groups -OCH3 is 1. The lowest BCUT2D eigenvalue weighted by molar-refractivity contribution is 0.146. The zero-order chi connectivity index (χ0) is 29.2. The lowest BCUT2D eigenvalue weighted by atomic mass is 9.96. The van der Waals surface area contributed by atoms with Gasteiger partial charge in [-0.2, -0.15) is 14.6 Å². The number of hydrogen-bond donors (Lipinski definition) is 1. The summed E-state index contributed by atoms with van der Waals surface area (Å²) in [7, 11) is 3.47. The Balaban J connectivity index is 0.000000265. The van der Waals surface area contributed by atoms with Crippen LogP contribution in [0.1, 0.15) is 11.4 Å². The second-order valence-electron chi connectivity index (χ2n) is 9.87. The molecule has 7 rings (SSSR count). The highest BCUT2D eigenvalue weighted by Crippen LogP contribution is 2.44. The average molecular weight is 590 g/mol. The maximum absolute atomic E-state index is 15.3. The summed E-state index contributed by atoms with van der Waals surface area (Å²) in [4.78, 5) is 4.80. The lowest BCUT2D eigenvalue weighted by Gasteiger charge is -2.16. The number of nitrogens with zero attached hydrogens (tertiary/aromatic N) is 6. The van der Waals surface area contributed by atoms with Crippen LogP contribution in [0, 0.1) is 18.6 Å².